The van der Waals surface area contributed by atoms with Gasteiger partial charge in [0.1, 0.15) is 0 Å². The summed E-state index contributed by atoms with van der Waals surface area (Å²) in [5.41, 5.74) is 0. The average molecular weight is 158 g/mol. The van der Waals surface area contributed by atoms with E-state index in [2.05, 4.69) is 49.4 Å². The second-order valence-corrected chi connectivity index (χ2v) is 2.61. The molecule has 0 bridgehead atoms. The van der Waals surface area contributed by atoms with Crippen molar-refractivity contribution in [2.24, 2.45) is 0 Å². The molecule has 1 aromatic carbocycles. The molecule has 0 fully saturated rings. The molecule has 1 rings (SSSR count). The van der Waals surface area contributed by atoms with Gasteiger partial charge in [-0.1, -0.05) is 48.6 Å². The maximum Gasteiger partial charge on any atom is -0.0187 e. The Hall–Kier alpha value is -1.30. The molecule has 0 amide bonds. The van der Waals surface area contributed by atoms with Crippen molar-refractivity contribution in [3.8, 4) is 0 Å². The Bertz CT molecular complexity index is 369. The summed E-state index contributed by atoms with van der Waals surface area (Å²) in [6.45, 7) is 4.08. The molecule has 0 nitrogen and oxygen atoms in total. The molecule has 0 saturated heterocycles. The van der Waals surface area contributed by atoms with Crippen molar-refractivity contribution < 1.29 is 0 Å². The third-order valence-electron chi connectivity index (χ3n) is 1.78. The van der Waals surface area contributed by atoms with Crippen molar-refractivity contribution in [2.45, 2.75) is 13.8 Å². The van der Waals surface area contributed by atoms with E-state index in [1.54, 1.807) is 0 Å². The Kier molecular flexibility index (Phi) is 3.34. The molecule has 0 aliphatic rings. The largest absolute Gasteiger partial charge is 0.0876 e. The lowest BCUT2D eigenvalue weighted by Gasteiger charge is -1.86. The highest BCUT2D eigenvalue weighted by Gasteiger charge is 1.78. The van der Waals surface area contributed by atoms with Gasteiger partial charge in [-0.25, -0.2) is 0 Å². The Morgan fingerprint density at radius 3 is 2.25 bits per heavy atom. The fourth-order valence-corrected chi connectivity index (χ4v) is 1.13. The van der Waals surface area contributed by atoms with Crippen LogP contribution in [0.1, 0.15) is 13.8 Å². The van der Waals surface area contributed by atoms with Crippen molar-refractivity contribution >= 4 is 12.2 Å². The minimum Gasteiger partial charge on any atom is -0.0876 e. The summed E-state index contributed by atoms with van der Waals surface area (Å²) < 4.78 is 0. The van der Waals surface area contributed by atoms with Gasteiger partial charge in [-0.2, -0.15) is 0 Å². The standard InChI is InChI=1S/C12H14/c1-3-5-8-12-10-7-6-9-11(12)4-2/h3-10H,1-2H3. The van der Waals surface area contributed by atoms with E-state index in [0.717, 1.165) is 0 Å². The van der Waals surface area contributed by atoms with Crippen LogP contribution in [0.25, 0.3) is 12.2 Å². The fourth-order valence-electron chi connectivity index (χ4n) is 1.13. The molecule has 1 aromatic rings. The van der Waals surface area contributed by atoms with E-state index < -0.39 is 0 Å². The van der Waals surface area contributed by atoms with Crippen LogP contribution in [0, 0.1) is 0 Å². The van der Waals surface area contributed by atoms with E-state index in [4.69, 9.17) is 0 Å². The van der Waals surface area contributed by atoms with Crippen LogP contribution in [0.2, 0.25) is 0 Å². The van der Waals surface area contributed by atoms with Crippen LogP contribution < -0.4 is 10.4 Å². The zero-order valence-corrected chi connectivity index (χ0v) is 7.62. The first-order valence-corrected chi connectivity index (χ1v) is 4.23. The summed E-state index contributed by atoms with van der Waals surface area (Å²) in [5, 5.41) is 2.56. The molecule has 62 valence electrons. The smallest absolute Gasteiger partial charge is 0.0187 e. The molecule has 0 aliphatic carbocycles. The van der Waals surface area contributed by atoms with Gasteiger partial charge in [0, 0.05) is 0 Å². The van der Waals surface area contributed by atoms with Gasteiger partial charge in [-0.3, -0.25) is 0 Å². The third-order valence-corrected chi connectivity index (χ3v) is 1.78. The Labute approximate surface area is 73.6 Å². The van der Waals surface area contributed by atoms with Gasteiger partial charge < -0.3 is 0 Å². The number of rotatable bonds is 1. The van der Waals surface area contributed by atoms with E-state index in [9.17, 15) is 0 Å². The van der Waals surface area contributed by atoms with Crippen LogP contribution >= 0.6 is 0 Å². The molecular weight excluding hydrogens is 144 g/mol. The van der Waals surface area contributed by atoms with Crippen LogP contribution in [0.15, 0.2) is 36.4 Å². The van der Waals surface area contributed by atoms with E-state index in [0.29, 0.717) is 0 Å². The lowest BCUT2D eigenvalue weighted by molar-refractivity contribution is 1.51. The summed E-state index contributed by atoms with van der Waals surface area (Å²) in [4.78, 5) is 0. The topological polar surface area (TPSA) is 0 Å². The van der Waals surface area contributed by atoms with Gasteiger partial charge in [-0.15, -0.1) is 0 Å². The minimum atomic E-state index is 1.28. The maximum absolute atomic E-state index is 2.12. The van der Waals surface area contributed by atoms with Crippen molar-refractivity contribution in [2.75, 3.05) is 0 Å². The Morgan fingerprint density at radius 2 is 1.67 bits per heavy atom. The summed E-state index contributed by atoms with van der Waals surface area (Å²) >= 11 is 0. The van der Waals surface area contributed by atoms with Gasteiger partial charge >= 0.3 is 0 Å². The molecule has 12 heavy (non-hydrogen) atoms. The molecule has 0 heterocycles. The van der Waals surface area contributed by atoms with E-state index in [1.165, 1.54) is 10.4 Å². The van der Waals surface area contributed by atoms with Crippen LogP contribution in [0.5, 0.6) is 0 Å². The van der Waals surface area contributed by atoms with Gasteiger partial charge in [0.25, 0.3) is 0 Å². The minimum absolute atomic E-state index is 1.28. The third kappa shape index (κ3) is 2.09. The summed E-state index contributed by atoms with van der Waals surface area (Å²) in [7, 11) is 0. The maximum atomic E-state index is 2.12. The molecule has 0 aliphatic heterocycles. The van der Waals surface area contributed by atoms with Gasteiger partial charge in [-0.05, 0) is 24.3 Å². The van der Waals surface area contributed by atoms with Crippen LogP contribution in [0.4, 0.5) is 0 Å². The van der Waals surface area contributed by atoms with E-state index in [-0.39, 0.29) is 0 Å². The fraction of sp³-hybridized carbons (Fsp3) is 0.167. The zero-order valence-electron chi connectivity index (χ0n) is 7.62. The Morgan fingerprint density at radius 1 is 1.00 bits per heavy atom. The van der Waals surface area contributed by atoms with Crippen molar-refractivity contribution in [3.05, 3.63) is 46.9 Å². The monoisotopic (exact) mass is 158 g/mol. The molecule has 0 aromatic heterocycles. The van der Waals surface area contributed by atoms with Crippen LogP contribution in [0.3, 0.4) is 0 Å². The summed E-state index contributed by atoms with van der Waals surface area (Å²) in [5.74, 6) is 0. The first kappa shape index (κ1) is 8.79. The SMILES string of the molecule is CC=CC=c1ccccc1=CC. The molecule has 0 N–H and O–H groups in total. The summed E-state index contributed by atoms with van der Waals surface area (Å²) in [6.07, 6.45) is 8.33. The first-order chi connectivity index (χ1) is 5.88. The highest BCUT2D eigenvalue weighted by molar-refractivity contribution is 5.38. The van der Waals surface area contributed by atoms with E-state index in [1.807, 2.05) is 13.0 Å². The second-order valence-electron chi connectivity index (χ2n) is 2.61. The number of benzene rings is 1. The van der Waals surface area contributed by atoms with Crippen molar-refractivity contribution in [1.82, 2.24) is 0 Å². The molecule has 0 unspecified atom stereocenters. The van der Waals surface area contributed by atoms with Gasteiger partial charge in [0.05, 0.1) is 0 Å². The molecule has 0 atom stereocenters. The zero-order chi connectivity index (χ0) is 8.81. The van der Waals surface area contributed by atoms with Crippen LogP contribution in [-0.4, -0.2) is 0 Å². The number of allylic oxidation sites excluding steroid dienone is 2. The molecule has 0 heteroatoms. The lowest BCUT2D eigenvalue weighted by atomic mass is 10.2. The molecular formula is C12H14. The molecule has 0 saturated carbocycles. The number of hydrogen-bond donors (Lipinski definition) is 0. The van der Waals surface area contributed by atoms with Gasteiger partial charge in [0.2, 0.25) is 0 Å². The lowest BCUT2D eigenvalue weighted by Crippen LogP contribution is -2.22. The van der Waals surface area contributed by atoms with Gasteiger partial charge in [0.15, 0.2) is 0 Å². The second kappa shape index (κ2) is 4.55. The Balaban J connectivity index is 3.33. The van der Waals surface area contributed by atoms with E-state index >= 15 is 0 Å². The van der Waals surface area contributed by atoms with Crippen molar-refractivity contribution in [3.63, 3.8) is 0 Å². The quantitative estimate of drug-likeness (QED) is 0.585. The highest BCUT2D eigenvalue weighted by atomic mass is 13.8. The van der Waals surface area contributed by atoms with Crippen LogP contribution in [-0.2, 0) is 0 Å². The normalized spacial score (nSPS) is 14.5. The summed E-state index contributed by atoms with van der Waals surface area (Å²) in [6, 6.07) is 8.36. The predicted octanol–water partition coefficient (Wildman–Crippen LogP) is 1.84. The highest BCUT2D eigenvalue weighted by Crippen LogP contribution is 1.74. The molecule has 0 spiro atoms. The average Bonchev–Trinajstić information content (AvgIpc) is 2.15. The molecule has 0 radical (unpaired) electrons. The number of hydrogen-bond acceptors (Lipinski definition) is 0. The first-order valence-electron chi connectivity index (χ1n) is 4.23. The predicted molar refractivity (Wildman–Crippen MR) is 55.1 cm³/mol. The van der Waals surface area contributed by atoms with Crippen molar-refractivity contribution in [1.29, 1.82) is 0 Å².